The normalized spacial score (nSPS) is 18.4. The third-order valence-electron chi connectivity index (χ3n) is 13.3. The highest BCUT2D eigenvalue weighted by molar-refractivity contribution is 6.34. The predicted octanol–water partition coefficient (Wildman–Crippen LogP) is 13.6. The van der Waals surface area contributed by atoms with Crippen LogP contribution in [0.4, 0.5) is 34.1 Å². The van der Waals surface area contributed by atoms with Gasteiger partial charge in [0, 0.05) is 40.0 Å². The first-order valence-corrected chi connectivity index (χ1v) is 24.8. The molecule has 358 valence electrons. The number of ether oxygens (including phenoxy) is 1. The van der Waals surface area contributed by atoms with Gasteiger partial charge in [0.25, 0.3) is 0 Å². The molecule has 3 aliphatic heterocycles. The topological polar surface area (TPSA) is 113 Å². The second-order valence-corrected chi connectivity index (χ2v) is 20.1. The number of hydrogen-bond donors (Lipinski definition) is 0. The van der Waals surface area contributed by atoms with Crippen LogP contribution in [0.2, 0.25) is 0 Å². The molecule has 6 aromatic carbocycles. The van der Waals surface area contributed by atoms with E-state index in [0.29, 0.717) is 35.8 Å². The van der Waals surface area contributed by atoms with Crippen molar-refractivity contribution in [3.63, 3.8) is 0 Å². The highest BCUT2D eigenvalue weighted by Gasteiger charge is 2.61. The van der Waals surface area contributed by atoms with Crippen LogP contribution in [0, 0.1) is 16.7 Å². The minimum Gasteiger partial charge on any atom is -0.462 e. The third kappa shape index (κ3) is 9.79. The number of guanidine groups is 6. The zero-order valence-corrected chi connectivity index (χ0v) is 41.3. The summed E-state index contributed by atoms with van der Waals surface area (Å²) in [5.74, 6) is 2.23. The second kappa shape index (κ2) is 19.8. The summed E-state index contributed by atoms with van der Waals surface area (Å²) in [4.78, 5) is 53.4. The Balaban J connectivity index is 1.08. The van der Waals surface area contributed by atoms with Crippen molar-refractivity contribution in [1.82, 2.24) is 4.90 Å². The fourth-order valence-electron chi connectivity index (χ4n) is 9.55. The Bertz CT molecular complexity index is 2880. The maximum atomic E-state index is 14.3. The van der Waals surface area contributed by atoms with Gasteiger partial charge in [-0.3, -0.25) is 19.5 Å². The highest BCUT2D eigenvalue weighted by atomic mass is 16.5. The van der Waals surface area contributed by atoms with Crippen LogP contribution < -0.4 is 14.7 Å². The van der Waals surface area contributed by atoms with Gasteiger partial charge in [-0.2, -0.15) is 30.0 Å². The predicted molar refractivity (Wildman–Crippen MR) is 290 cm³/mol. The smallest absolute Gasteiger partial charge is 0.313 e. The van der Waals surface area contributed by atoms with Crippen LogP contribution in [0.15, 0.2) is 206 Å². The van der Waals surface area contributed by atoms with Crippen molar-refractivity contribution in [1.29, 1.82) is 0 Å². The van der Waals surface area contributed by atoms with E-state index in [4.69, 9.17) is 34.7 Å². The van der Waals surface area contributed by atoms with Gasteiger partial charge in [-0.05, 0) is 109 Å². The molecule has 0 aromatic heterocycles. The van der Waals surface area contributed by atoms with Crippen molar-refractivity contribution in [3.8, 4) is 0 Å². The molecule has 3 atom stereocenters. The van der Waals surface area contributed by atoms with Crippen LogP contribution in [-0.2, 0) is 9.53 Å². The summed E-state index contributed by atoms with van der Waals surface area (Å²) in [5.41, 5.74) is 5.73. The maximum absolute atomic E-state index is 14.3. The lowest BCUT2D eigenvalue weighted by Gasteiger charge is -2.36. The minimum atomic E-state index is -0.542. The van der Waals surface area contributed by atoms with Gasteiger partial charge in [0.15, 0.2) is 0 Å². The summed E-state index contributed by atoms with van der Waals surface area (Å²) in [7, 11) is 0. The quantitative estimate of drug-likeness (QED) is 0.101. The van der Waals surface area contributed by atoms with E-state index < -0.39 is 5.41 Å². The first-order valence-electron chi connectivity index (χ1n) is 24.8. The molecule has 0 radical (unpaired) electrons. The Hall–Kier alpha value is -7.99. The zero-order chi connectivity index (χ0) is 49.1. The Labute approximate surface area is 417 Å². The molecule has 0 amide bonds. The highest BCUT2D eigenvalue weighted by Crippen LogP contribution is 2.63. The van der Waals surface area contributed by atoms with Crippen molar-refractivity contribution in [2.24, 2.45) is 46.7 Å². The fraction of sp³-hybridized carbons (Fsp3) is 0.271. The first-order chi connectivity index (χ1) is 34.5. The van der Waals surface area contributed by atoms with Crippen LogP contribution in [0.25, 0.3) is 0 Å². The number of nitrogens with zero attached hydrogens (tertiary/aromatic N) is 10. The van der Waals surface area contributed by atoms with E-state index in [1.54, 1.807) is 4.90 Å². The SMILES string of the molecule is CCCCC1(C(=O)OC(CC(C)(C)C)C(C)C)CC1c1ccc(N(C2=NC3=NC(N(c4ccccc4)c4ccccc4)=NC4=NC(N(c5ccccc5)c5ccccc5)=NC(=N2)N43)c2ccccc2)cc1. The lowest BCUT2D eigenvalue weighted by atomic mass is 9.85. The van der Waals surface area contributed by atoms with E-state index in [1.807, 2.05) is 166 Å². The summed E-state index contributed by atoms with van der Waals surface area (Å²) in [6, 6.07) is 58.7. The monoisotopic (exact) mass is 940 g/mol. The van der Waals surface area contributed by atoms with Crippen LogP contribution in [0.5, 0.6) is 0 Å². The average molecular weight is 941 g/mol. The summed E-state index contributed by atoms with van der Waals surface area (Å²) >= 11 is 0. The van der Waals surface area contributed by atoms with Gasteiger partial charge in [0.05, 0.1) is 5.41 Å². The lowest BCUT2D eigenvalue weighted by molar-refractivity contribution is -0.160. The van der Waals surface area contributed by atoms with E-state index in [0.717, 1.165) is 71.8 Å². The van der Waals surface area contributed by atoms with Gasteiger partial charge >= 0.3 is 5.97 Å². The molecule has 71 heavy (non-hydrogen) atoms. The summed E-state index contributed by atoms with van der Waals surface area (Å²) in [5, 5.41) is 0. The molecule has 1 fully saturated rings. The van der Waals surface area contributed by atoms with Crippen LogP contribution in [-0.4, -0.2) is 52.7 Å². The van der Waals surface area contributed by atoms with E-state index in [1.165, 1.54) is 0 Å². The van der Waals surface area contributed by atoms with E-state index in [2.05, 4.69) is 65.8 Å². The largest absolute Gasteiger partial charge is 0.462 e. The Kier molecular flexibility index (Phi) is 13.0. The third-order valence-corrected chi connectivity index (χ3v) is 13.3. The zero-order valence-electron chi connectivity index (χ0n) is 41.3. The number of esters is 1. The average Bonchev–Trinajstić information content (AvgIpc) is 4.13. The number of hydrogen-bond acceptors (Lipinski definition) is 12. The Morgan fingerprint density at radius 3 is 1.24 bits per heavy atom. The number of carbonyl (C=O) groups is 1. The van der Waals surface area contributed by atoms with Gasteiger partial charge in [0.1, 0.15) is 6.10 Å². The van der Waals surface area contributed by atoms with Crippen molar-refractivity contribution in [2.45, 2.75) is 85.7 Å². The first kappa shape index (κ1) is 46.7. The number of anilines is 6. The number of aliphatic imine (C=N–C) groups is 6. The molecule has 4 aliphatic rings. The molecule has 12 heteroatoms. The van der Waals surface area contributed by atoms with Crippen LogP contribution in [0.3, 0.4) is 0 Å². The van der Waals surface area contributed by atoms with Gasteiger partial charge in [-0.15, -0.1) is 0 Å². The minimum absolute atomic E-state index is 0.0389. The summed E-state index contributed by atoms with van der Waals surface area (Å²) in [6.07, 6.45) is 4.22. The van der Waals surface area contributed by atoms with E-state index in [9.17, 15) is 4.79 Å². The Morgan fingerprint density at radius 1 is 0.563 bits per heavy atom. The Morgan fingerprint density at radius 2 is 0.915 bits per heavy atom. The molecule has 0 spiro atoms. The number of unbranched alkanes of at least 4 members (excludes halogenated alkanes) is 1. The number of para-hydroxylation sites is 5. The second-order valence-electron chi connectivity index (χ2n) is 20.1. The van der Waals surface area contributed by atoms with Gasteiger partial charge < -0.3 is 4.74 Å². The molecule has 10 rings (SSSR count). The maximum Gasteiger partial charge on any atom is 0.313 e. The fourth-order valence-corrected chi connectivity index (χ4v) is 9.55. The van der Waals surface area contributed by atoms with Gasteiger partial charge in [0.2, 0.25) is 35.8 Å². The molecular weight excluding hydrogens is 881 g/mol. The number of carbonyl (C=O) groups excluding carboxylic acids is 1. The van der Waals surface area contributed by atoms with E-state index in [-0.39, 0.29) is 29.3 Å². The molecule has 1 saturated carbocycles. The summed E-state index contributed by atoms with van der Waals surface area (Å²) < 4.78 is 6.46. The molecule has 1 aliphatic carbocycles. The number of rotatable bonds is 14. The van der Waals surface area contributed by atoms with Crippen molar-refractivity contribution >= 4 is 75.9 Å². The molecular formula is C59H60N10O2. The van der Waals surface area contributed by atoms with Crippen molar-refractivity contribution in [2.75, 3.05) is 14.7 Å². The van der Waals surface area contributed by atoms with Crippen LogP contribution in [0.1, 0.15) is 85.1 Å². The molecule has 6 aromatic rings. The van der Waals surface area contributed by atoms with Gasteiger partial charge in [-0.1, -0.05) is 158 Å². The lowest BCUT2D eigenvalue weighted by Crippen LogP contribution is -2.51. The molecule has 0 saturated heterocycles. The molecule has 12 nitrogen and oxygen atoms in total. The molecule has 0 N–H and O–H groups in total. The molecule has 3 heterocycles. The standard InChI is InChI=1S/C59H60N10O2/c1-7-8-38-59(51(70)71-50(41(2)3)40-58(4,5)6)39-49(59)42-34-36-48(37-35-42)68(47-32-22-13-23-33-47)54-64-56-62-52(66(43-24-14-9-15-25-43)44-26-16-10-17-27-44)60-55-61-53(63-57(65-54)69(55)56)67(45-28-18-11-19-29-45)46-30-20-12-21-31-46/h9-37,41,49-50H,7-8,38-40H2,1-6H3. The number of benzene rings is 6. The molecule has 3 unspecified atom stereocenters. The van der Waals surface area contributed by atoms with Crippen molar-refractivity contribution < 1.29 is 9.53 Å². The summed E-state index contributed by atoms with van der Waals surface area (Å²) in [6.45, 7) is 13.1. The molecule has 0 bridgehead atoms. The van der Waals surface area contributed by atoms with E-state index >= 15 is 0 Å². The van der Waals surface area contributed by atoms with Crippen molar-refractivity contribution in [3.05, 3.63) is 181 Å². The van der Waals surface area contributed by atoms with Crippen LogP contribution >= 0.6 is 0 Å². The van der Waals surface area contributed by atoms with Gasteiger partial charge in [-0.25, -0.2) is 4.90 Å².